The Bertz CT molecular complexity index is 331. The van der Waals surface area contributed by atoms with Crippen LogP contribution >= 0.6 is 27.5 Å². The van der Waals surface area contributed by atoms with Crippen LogP contribution in [-0.4, -0.2) is 0 Å². The van der Waals surface area contributed by atoms with Crippen molar-refractivity contribution in [3.05, 3.63) is 33.3 Å². The van der Waals surface area contributed by atoms with Gasteiger partial charge in [0, 0.05) is 15.5 Å². The number of halogens is 2. The second-order valence-electron chi connectivity index (χ2n) is 4.51. The van der Waals surface area contributed by atoms with Crippen LogP contribution in [0.4, 0.5) is 0 Å². The van der Waals surface area contributed by atoms with Gasteiger partial charge >= 0.3 is 0 Å². The quantitative estimate of drug-likeness (QED) is 0.819. The maximum atomic E-state index is 6.15. The molecule has 0 saturated carbocycles. The molecule has 1 nitrogen and oxygen atoms in total. The lowest BCUT2D eigenvalue weighted by atomic mass is 9.83. The van der Waals surface area contributed by atoms with E-state index in [4.69, 9.17) is 17.3 Å². The number of benzene rings is 1. The monoisotopic (exact) mass is 275 g/mol. The van der Waals surface area contributed by atoms with Crippen LogP contribution in [0.2, 0.25) is 5.02 Å². The van der Waals surface area contributed by atoms with Crippen molar-refractivity contribution in [3.8, 4) is 0 Å². The van der Waals surface area contributed by atoms with Gasteiger partial charge in [-0.1, -0.05) is 54.4 Å². The van der Waals surface area contributed by atoms with E-state index >= 15 is 0 Å². The summed E-state index contributed by atoms with van der Waals surface area (Å²) in [4.78, 5) is 0. The third-order valence-electron chi connectivity index (χ3n) is 2.23. The largest absolute Gasteiger partial charge is 0.323 e. The summed E-state index contributed by atoms with van der Waals surface area (Å²) in [6, 6.07) is 5.73. The molecule has 0 saturated heterocycles. The molecule has 0 radical (unpaired) electrons. The second-order valence-corrected chi connectivity index (χ2v) is 5.80. The van der Waals surface area contributed by atoms with Crippen LogP contribution in [0.25, 0.3) is 0 Å². The molecular weight excluding hydrogens is 261 g/mol. The van der Waals surface area contributed by atoms with E-state index in [1.165, 1.54) is 0 Å². The Balaban J connectivity index is 3.08. The molecule has 0 aliphatic carbocycles. The van der Waals surface area contributed by atoms with Crippen molar-refractivity contribution in [3.63, 3.8) is 0 Å². The molecule has 14 heavy (non-hydrogen) atoms. The summed E-state index contributed by atoms with van der Waals surface area (Å²) in [5, 5.41) is 0.724. The molecule has 3 heteroatoms. The first-order valence-electron chi connectivity index (χ1n) is 4.53. The summed E-state index contributed by atoms with van der Waals surface area (Å²) in [5.41, 5.74) is 7.30. The normalized spacial score (nSPS) is 14.1. The fourth-order valence-electron chi connectivity index (χ4n) is 1.22. The molecule has 0 aliphatic rings. The third-order valence-corrected chi connectivity index (χ3v) is 3.15. The van der Waals surface area contributed by atoms with Crippen LogP contribution < -0.4 is 5.73 Å². The zero-order chi connectivity index (χ0) is 10.9. The van der Waals surface area contributed by atoms with Gasteiger partial charge in [0.25, 0.3) is 0 Å². The molecule has 0 heterocycles. The average Bonchev–Trinajstić information content (AvgIpc) is 2.01. The Kier molecular flexibility index (Phi) is 3.62. The van der Waals surface area contributed by atoms with Crippen molar-refractivity contribution >= 4 is 27.5 Å². The van der Waals surface area contributed by atoms with Crippen LogP contribution in [0.3, 0.4) is 0 Å². The maximum Gasteiger partial charge on any atom is 0.0417 e. The second kappa shape index (κ2) is 4.21. The molecule has 1 aromatic rings. The van der Waals surface area contributed by atoms with Gasteiger partial charge in [-0.25, -0.2) is 0 Å². The van der Waals surface area contributed by atoms with Crippen molar-refractivity contribution in [1.82, 2.24) is 0 Å². The highest BCUT2D eigenvalue weighted by atomic mass is 79.9. The molecule has 2 N–H and O–H groups in total. The van der Waals surface area contributed by atoms with Gasteiger partial charge in [0.15, 0.2) is 0 Å². The predicted molar refractivity (Wildman–Crippen MR) is 65.5 cm³/mol. The first kappa shape index (κ1) is 12.0. The number of hydrogen-bond acceptors (Lipinski definition) is 1. The van der Waals surface area contributed by atoms with Crippen LogP contribution in [0.1, 0.15) is 32.4 Å². The van der Waals surface area contributed by atoms with Gasteiger partial charge in [-0.3, -0.25) is 0 Å². The fraction of sp³-hybridized carbons (Fsp3) is 0.455. The Hall–Kier alpha value is -0.0500. The average molecular weight is 277 g/mol. The Morgan fingerprint density at radius 2 is 1.93 bits per heavy atom. The Morgan fingerprint density at radius 3 is 2.36 bits per heavy atom. The van der Waals surface area contributed by atoms with Gasteiger partial charge in [-0.05, 0) is 23.1 Å². The lowest BCUT2D eigenvalue weighted by molar-refractivity contribution is 0.326. The molecule has 0 aliphatic heterocycles. The lowest BCUT2D eigenvalue weighted by Crippen LogP contribution is -2.26. The maximum absolute atomic E-state index is 6.15. The Labute approximate surface area is 98.8 Å². The zero-order valence-electron chi connectivity index (χ0n) is 8.64. The standard InChI is InChI=1S/C11H15BrClN/c1-11(2,3)10(14)8-5-4-7(13)6-9(8)12/h4-6,10H,14H2,1-3H3/t10-/m1/s1. The highest BCUT2D eigenvalue weighted by Gasteiger charge is 2.23. The smallest absolute Gasteiger partial charge is 0.0417 e. The van der Waals surface area contributed by atoms with E-state index in [9.17, 15) is 0 Å². The summed E-state index contributed by atoms with van der Waals surface area (Å²) in [6.45, 7) is 6.37. The van der Waals surface area contributed by atoms with Gasteiger partial charge < -0.3 is 5.73 Å². The van der Waals surface area contributed by atoms with Crippen molar-refractivity contribution in [1.29, 1.82) is 0 Å². The summed E-state index contributed by atoms with van der Waals surface area (Å²) in [7, 11) is 0. The van der Waals surface area contributed by atoms with E-state index in [0.29, 0.717) is 0 Å². The summed E-state index contributed by atoms with van der Waals surface area (Å²) < 4.78 is 0.979. The van der Waals surface area contributed by atoms with Crippen LogP contribution in [0.15, 0.2) is 22.7 Å². The fourth-order valence-corrected chi connectivity index (χ4v) is 2.15. The van der Waals surface area contributed by atoms with Crippen molar-refractivity contribution in [2.45, 2.75) is 26.8 Å². The summed E-state index contributed by atoms with van der Waals surface area (Å²) in [6.07, 6.45) is 0. The lowest BCUT2D eigenvalue weighted by Gasteiger charge is -2.28. The molecule has 0 bridgehead atoms. The van der Waals surface area contributed by atoms with Crippen molar-refractivity contribution in [2.24, 2.45) is 11.1 Å². The number of nitrogens with two attached hydrogens (primary N) is 1. The minimum Gasteiger partial charge on any atom is -0.323 e. The number of rotatable bonds is 1. The van der Waals surface area contributed by atoms with Crippen LogP contribution in [-0.2, 0) is 0 Å². The molecule has 78 valence electrons. The molecule has 0 amide bonds. The molecule has 0 aromatic heterocycles. The van der Waals surface area contributed by atoms with Gasteiger partial charge in [0.2, 0.25) is 0 Å². The zero-order valence-corrected chi connectivity index (χ0v) is 11.0. The van der Waals surface area contributed by atoms with Gasteiger partial charge in [0.1, 0.15) is 0 Å². The van der Waals surface area contributed by atoms with Gasteiger partial charge in [0.05, 0.1) is 0 Å². The molecule has 1 atom stereocenters. The first-order chi connectivity index (χ1) is 6.32. The molecular formula is C11H15BrClN. The topological polar surface area (TPSA) is 26.0 Å². The first-order valence-corrected chi connectivity index (χ1v) is 5.70. The van der Waals surface area contributed by atoms with E-state index < -0.39 is 0 Å². The van der Waals surface area contributed by atoms with Gasteiger partial charge in [-0.2, -0.15) is 0 Å². The van der Waals surface area contributed by atoms with Crippen molar-refractivity contribution in [2.75, 3.05) is 0 Å². The molecule has 1 rings (SSSR count). The van der Waals surface area contributed by atoms with E-state index in [1.807, 2.05) is 18.2 Å². The molecule has 1 aromatic carbocycles. The molecule has 0 spiro atoms. The predicted octanol–water partition coefficient (Wildman–Crippen LogP) is 4.15. The summed E-state index contributed by atoms with van der Waals surface area (Å²) in [5.74, 6) is 0. The van der Waals surface area contributed by atoms with E-state index in [2.05, 4.69) is 36.7 Å². The van der Waals surface area contributed by atoms with Crippen LogP contribution in [0.5, 0.6) is 0 Å². The van der Waals surface area contributed by atoms with Crippen LogP contribution in [0, 0.1) is 5.41 Å². The highest BCUT2D eigenvalue weighted by molar-refractivity contribution is 9.10. The van der Waals surface area contributed by atoms with E-state index in [0.717, 1.165) is 15.1 Å². The SMILES string of the molecule is CC(C)(C)[C@H](N)c1ccc(Cl)cc1Br. The highest BCUT2D eigenvalue weighted by Crippen LogP contribution is 2.35. The summed E-state index contributed by atoms with van der Waals surface area (Å²) >= 11 is 9.34. The van der Waals surface area contributed by atoms with Crippen molar-refractivity contribution < 1.29 is 0 Å². The Morgan fingerprint density at radius 1 is 1.36 bits per heavy atom. The van der Waals surface area contributed by atoms with E-state index in [1.54, 1.807) is 0 Å². The number of hydrogen-bond donors (Lipinski definition) is 1. The molecule has 0 unspecified atom stereocenters. The third kappa shape index (κ3) is 2.72. The minimum atomic E-state index is 0.00846. The molecule has 0 fully saturated rings. The van der Waals surface area contributed by atoms with Gasteiger partial charge in [-0.15, -0.1) is 0 Å². The minimum absolute atomic E-state index is 0.00846. The van der Waals surface area contributed by atoms with E-state index in [-0.39, 0.29) is 11.5 Å².